The molecule has 0 amide bonds. The van der Waals surface area contributed by atoms with Crippen molar-refractivity contribution >= 4 is 0 Å². The molecule has 0 aromatic carbocycles. The van der Waals surface area contributed by atoms with Crippen LogP contribution in [0.5, 0.6) is 0 Å². The van der Waals surface area contributed by atoms with E-state index < -0.39 is 0 Å². The second-order valence-electron chi connectivity index (χ2n) is 6.06. The summed E-state index contributed by atoms with van der Waals surface area (Å²) in [6.45, 7) is 3.00. The standard InChI is InChI=1S/C14H23N3/c15-10-12-11-16-8-9-17(12)13-4-7-14(13)5-2-1-3-6-14/h12-13,16H,1-9,11H2. The fraction of sp³-hybridized carbons (Fsp3) is 0.929. The molecule has 1 saturated heterocycles. The molecular weight excluding hydrogens is 210 g/mol. The van der Waals surface area contributed by atoms with Crippen LogP contribution in [0.3, 0.4) is 0 Å². The molecule has 0 bridgehead atoms. The summed E-state index contributed by atoms with van der Waals surface area (Å²) >= 11 is 0. The van der Waals surface area contributed by atoms with Gasteiger partial charge in [-0.15, -0.1) is 0 Å². The van der Waals surface area contributed by atoms with Crippen LogP contribution in [0.25, 0.3) is 0 Å². The van der Waals surface area contributed by atoms with Crippen molar-refractivity contribution in [3.63, 3.8) is 0 Å². The van der Waals surface area contributed by atoms with Crippen molar-refractivity contribution in [1.29, 1.82) is 5.26 Å². The van der Waals surface area contributed by atoms with Crippen molar-refractivity contribution in [3.05, 3.63) is 0 Å². The smallest absolute Gasteiger partial charge is 0.111 e. The normalized spacial score (nSPS) is 37.4. The summed E-state index contributed by atoms with van der Waals surface area (Å²) in [5, 5.41) is 12.6. The van der Waals surface area contributed by atoms with Crippen LogP contribution >= 0.6 is 0 Å². The second-order valence-corrected chi connectivity index (χ2v) is 6.06. The van der Waals surface area contributed by atoms with Gasteiger partial charge in [0.15, 0.2) is 0 Å². The highest BCUT2D eigenvalue weighted by atomic mass is 15.3. The lowest BCUT2D eigenvalue weighted by atomic mass is 9.56. The van der Waals surface area contributed by atoms with Crippen molar-refractivity contribution in [3.8, 4) is 6.07 Å². The molecule has 1 heterocycles. The first kappa shape index (κ1) is 11.5. The van der Waals surface area contributed by atoms with E-state index in [0.29, 0.717) is 5.41 Å². The minimum absolute atomic E-state index is 0.118. The molecule has 0 aromatic heterocycles. The number of nitrogens with one attached hydrogen (secondary N) is 1. The van der Waals surface area contributed by atoms with Crippen molar-refractivity contribution in [2.24, 2.45) is 5.41 Å². The molecule has 1 N–H and O–H groups in total. The van der Waals surface area contributed by atoms with E-state index in [2.05, 4.69) is 16.3 Å². The van der Waals surface area contributed by atoms with Crippen LogP contribution in [0.4, 0.5) is 0 Å². The summed E-state index contributed by atoms with van der Waals surface area (Å²) in [5.74, 6) is 0. The Kier molecular flexibility index (Phi) is 3.10. The summed E-state index contributed by atoms with van der Waals surface area (Å²) in [5.41, 5.74) is 0.602. The van der Waals surface area contributed by atoms with Gasteiger partial charge in [-0.05, 0) is 31.1 Å². The summed E-state index contributed by atoms with van der Waals surface area (Å²) in [7, 11) is 0. The molecule has 0 radical (unpaired) electrons. The third-order valence-electron chi connectivity index (χ3n) is 5.31. The van der Waals surface area contributed by atoms with E-state index in [1.807, 2.05) is 0 Å². The van der Waals surface area contributed by atoms with Gasteiger partial charge in [-0.1, -0.05) is 19.3 Å². The van der Waals surface area contributed by atoms with Crippen molar-refractivity contribution < 1.29 is 0 Å². The van der Waals surface area contributed by atoms with Gasteiger partial charge in [0.25, 0.3) is 0 Å². The molecule has 3 rings (SSSR count). The Balaban J connectivity index is 1.72. The Labute approximate surface area is 104 Å². The molecule has 3 nitrogen and oxygen atoms in total. The van der Waals surface area contributed by atoms with Crippen molar-refractivity contribution in [2.75, 3.05) is 19.6 Å². The van der Waals surface area contributed by atoms with Crippen molar-refractivity contribution in [2.45, 2.75) is 57.0 Å². The van der Waals surface area contributed by atoms with Gasteiger partial charge >= 0.3 is 0 Å². The molecule has 3 heteroatoms. The second kappa shape index (κ2) is 4.59. The lowest BCUT2D eigenvalue weighted by molar-refractivity contribution is -0.0676. The van der Waals surface area contributed by atoms with Crippen LogP contribution < -0.4 is 5.32 Å². The van der Waals surface area contributed by atoms with Gasteiger partial charge < -0.3 is 5.32 Å². The molecule has 3 aliphatic rings. The Bertz CT molecular complexity index is 314. The van der Waals surface area contributed by atoms with E-state index in [1.165, 1.54) is 44.9 Å². The maximum absolute atomic E-state index is 9.29. The molecule has 2 aliphatic carbocycles. The molecule has 2 unspecified atom stereocenters. The molecule has 2 atom stereocenters. The Morgan fingerprint density at radius 3 is 2.65 bits per heavy atom. The Hall–Kier alpha value is -0.590. The Morgan fingerprint density at radius 1 is 1.18 bits per heavy atom. The zero-order valence-corrected chi connectivity index (χ0v) is 10.6. The highest BCUT2D eigenvalue weighted by Gasteiger charge is 2.50. The number of nitrogens with zero attached hydrogens (tertiary/aromatic N) is 2. The van der Waals surface area contributed by atoms with Gasteiger partial charge in [0, 0.05) is 25.7 Å². The molecular formula is C14H23N3. The van der Waals surface area contributed by atoms with Crippen molar-refractivity contribution in [1.82, 2.24) is 10.2 Å². The third kappa shape index (κ3) is 1.88. The van der Waals surface area contributed by atoms with Gasteiger partial charge in [-0.3, -0.25) is 4.90 Å². The number of nitriles is 1. The first-order valence-corrected chi connectivity index (χ1v) is 7.22. The Morgan fingerprint density at radius 2 is 2.00 bits per heavy atom. The van der Waals surface area contributed by atoms with Gasteiger partial charge in [0.1, 0.15) is 6.04 Å². The van der Waals surface area contributed by atoms with Crippen LogP contribution in [-0.2, 0) is 0 Å². The number of rotatable bonds is 1. The number of hydrogen-bond donors (Lipinski definition) is 1. The van der Waals surface area contributed by atoms with Gasteiger partial charge in [0.05, 0.1) is 6.07 Å². The fourth-order valence-electron chi connectivity index (χ4n) is 4.25. The summed E-state index contributed by atoms with van der Waals surface area (Å²) in [4.78, 5) is 2.52. The lowest BCUT2D eigenvalue weighted by Crippen LogP contribution is -2.63. The SMILES string of the molecule is N#CC1CNCCN1C1CCC12CCCCC2. The average Bonchev–Trinajstić information content (AvgIpc) is 2.39. The molecule has 2 saturated carbocycles. The average molecular weight is 233 g/mol. The van der Waals surface area contributed by atoms with Crippen LogP contribution in [-0.4, -0.2) is 36.6 Å². The zero-order valence-electron chi connectivity index (χ0n) is 10.6. The summed E-state index contributed by atoms with van der Waals surface area (Å²) in [6, 6.07) is 3.32. The first-order chi connectivity index (χ1) is 8.36. The molecule has 1 aliphatic heterocycles. The monoisotopic (exact) mass is 233 g/mol. The minimum Gasteiger partial charge on any atom is -0.313 e. The minimum atomic E-state index is 0.118. The van der Waals surface area contributed by atoms with Crippen LogP contribution in [0.15, 0.2) is 0 Å². The number of piperazine rings is 1. The molecule has 1 spiro atoms. The molecule has 3 fully saturated rings. The first-order valence-electron chi connectivity index (χ1n) is 7.22. The molecule has 0 aromatic rings. The predicted molar refractivity (Wildman–Crippen MR) is 67.5 cm³/mol. The topological polar surface area (TPSA) is 39.1 Å². The van der Waals surface area contributed by atoms with E-state index in [0.717, 1.165) is 25.7 Å². The van der Waals surface area contributed by atoms with E-state index in [1.54, 1.807) is 0 Å². The van der Waals surface area contributed by atoms with Crippen LogP contribution in [0.1, 0.15) is 44.9 Å². The largest absolute Gasteiger partial charge is 0.313 e. The summed E-state index contributed by atoms with van der Waals surface area (Å²) in [6.07, 6.45) is 9.84. The van der Waals surface area contributed by atoms with E-state index in [4.69, 9.17) is 0 Å². The van der Waals surface area contributed by atoms with Gasteiger partial charge in [-0.2, -0.15) is 5.26 Å². The van der Waals surface area contributed by atoms with Crippen LogP contribution in [0.2, 0.25) is 0 Å². The molecule has 17 heavy (non-hydrogen) atoms. The summed E-state index contributed by atoms with van der Waals surface area (Å²) < 4.78 is 0. The maximum atomic E-state index is 9.29. The van der Waals surface area contributed by atoms with Gasteiger partial charge in [0.2, 0.25) is 0 Å². The predicted octanol–water partition coefficient (Wildman–Crippen LogP) is 1.90. The van der Waals surface area contributed by atoms with E-state index in [9.17, 15) is 5.26 Å². The fourth-order valence-corrected chi connectivity index (χ4v) is 4.25. The zero-order chi connectivity index (χ0) is 11.7. The highest BCUT2D eigenvalue weighted by molar-refractivity contribution is 5.08. The van der Waals surface area contributed by atoms with E-state index in [-0.39, 0.29) is 6.04 Å². The molecule has 94 valence electrons. The van der Waals surface area contributed by atoms with E-state index >= 15 is 0 Å². The highest BCUT2D eigenvalue weighted by Crippen LogP contribution is 2.54. The quantitative estimate of drug-likeness (QED) is 0.752. The maximum Gasteiger partial charge on any atom is 0.111 e. The lowest BCUT2D eigenvalue weighted by Gasteiger charge is -2.58. The third-order valence-corrected chi connectivity index (χ3v) is 5.31. The van der Waals surface area contributed by atoms with Gasteiger partial charge in [-0.25, -0.2) is 0 Å². The number of hydrogen-bond acceptors (Lipinski definition) is 3. The van der Waals surface area contributed by atoms with Crippen LogP contribution in [0, 0.1) is 16.7 Å².